The van der Waals surface area contributed by atoms with Crippen LogP contribution in [0.2, 0.25) is 0 Å². The van der Waals surface area contributed by atoms with Crippen LogP contribution in [-0.2, 0) is 4.79 Å². The SMILES string of the molecule is Cc1cc(C(=O)N2CCNC(=O)CC2)c(C)o1. The number of rotatable bonds is 1. The van der Waals surface area contributed by atoms with Gasteiger partial charge in [-0.1, -0.05) is 0 Å². The summed E-state index contributed by atoms with van der Waals surface area (Å²) in [5.74, 6) is 1.31. The first-order chi connectivity index (χ1) is 8.08. The summed E-state index contributed by atoms with van der Waals surface area (Å²) in [4.78, 5) is 25.1. The predicted molar refractivity (Wildman–Crippen MR) is 61.7 cm³/mol. The van der Waals surface area contributed by atoms with Crippen LogP contribution in [0.4, 0.5) is 0 Å². The Balaban J connectivity index is 2.14. The molecule has 5 heteroatoms. The van der Waals surface area contributed by atoms with Crippen molar-refractivity contribution in [1.29, 1.82) is 0 Å². The van der Waals surface area contributed by atoms with Gasteiger partial charge in [-0.15, -0.1) is 0 Å². The molecule has 0 aliphatic carbocycles. The number of hydrogen-bond donors (Lipinski definition) is 1. The van der Waals surface area contributed by atoms with Crippen LogP contribution >= 0.6 is 0 Å². The molecule has 0 spiro atoms. The molecule has 1 aliphatic rings. The first-order valence-corrected chi connectivity index (χ1v) is 5.71. The lowest BCUT2D eigenvalue weighted by Crippen LogP contribution is -2.34. The third-order valence-corrected chi connectivity index (χ3v) is 2.87. The Kier molecular flexibility index (Phi) is 3.17. The molecular weight excluding hydrogens is 220 g/mol. The van der Waals surface area contributed by atoms with Crippen LogP contribution in [0.25, 0.3) is 0 Å². The first-order valence-electron chi connectivity index (χ1n) is 5.71. The lowest BCUT2D eigenvalue weighted by molar-refractivity contribution is -0.120. The summed E-state index contributed by atoms with van der Waals surface area (Å²) in [6, 6.07) is 1.75. The van der Waals surface area contributed by atoms with Crippen molar-refractivity contribution in [3.05, 3.63) is 23.2 Å². The predicted octanol–water partition coefficient (Wildman–Crippen LogP) is 0.859. The molecule has 5 nitrogen and oxygen atoms in total. The average molecular weight is 236 g/mol. The molecule has 1 aliphatic heterocycles. The minimum Gasteiger partial charge on any atom is -0.466 e. The zero-order chi connectivity index (χ0) is 12.4. The summed E-state index contributed by atoms with van der Waals surface area (Å²) in [6.45, 7) is 5.13. The third-order valence-electron chi connectivity index (χ3n) is 2.87. The van der Waals surface area contributed by atoms with Crippen molar-refractivity contribution in [2.45, 2.75) is 20.3 Å². The van der Waals surface area contributed by atoms with Crippen molar-refractivity contribution < 1.29 is 14.0 Å². The van der Waals surface area contributed by atoms with Gasteiger partial charge < -0.3 is 14.6 Å². The van der Waals surface area contributed by atoms with Crippen LogP contribution in [0.3, 0.4) is 0 Å². The van der Waals surface area contributed by atoms with Crippen molar-refractivity contribution >= 4 is 11.8 Å². The molecule has 17 heavy (non-hydrogen) atoms. The van der Waals surface area contributed by atoms with E-state index in [0.717, 1.165) is 5.76 Å². The van der Waals surface area contributed by atoms with Crippen LogP contribution in [0.15, 0.2) is 10.5 Å². The second-order valence-electron chi connectivity index (χ2n) is 4.22. The van der Waals surface area contributed by atoms with E-state index in [2.05, 4.69) is 5.32 Å². The van der Waals surface area contributed by atoms with Crippen molar-refractivity contribution in [1.82, 2.24) is 10.2 Å². The molecule has 1 N–H and O–H groups in total. The fraction of sp³-hybridized carbons (Fsp3) is 0.500. The molecule has 0 atom stereocenters. The van der Waals surface area contributed by atoms with Gasteiger partial charge in [0.2, 0.25) is 5.91 Å². The van der Waals surface area contributed by atoms with E-state index in [1.165, 1.54) is 0 Å². The monoisotopic (exact) mass is 236 g/mol. The highest BCUT2D eigenvalue weighted by molar-refractivity contribution is 5.95. The smallest absolute Gasteiger partial charge is 0.257 e. The molecule has 1 aromatic rings. The zero-order valence-corrected chi connectivity index (χ0v) is 10.1. The molecule has 92 valence electrons. The zero-order valence-electron chi connectivity index (χ0n) is 10.1. The number of carbonyl (C=O) groups excluding carboxylic acids is 2. The molecule has 0 saturated carbocycles. The summed E-state index contributed by atoms with van der Waals surface area (Å²) in [7, 11) is 0. The topological polar surface area (TPSA) is 62.6 Å². The van der Waals surface area contributed by atoms with Crippen LogP contribution in [0.5, 0.6) is 0 Å². The summed E-state index contributed by atoms with van der Waals surface area (Å²) >= 11 is 0. The fourth-order valence-electron chi connectivity index (χ4n) is 1.98. The maximum Gasteiger partial charge on any atom is 0.257 e. The standard InChI is InChI=1S/C12H16N2O3/c1-8-7-10(9(2)17-8)12(16)14-5-3-11(15)13-4-6-14/h7H,3-6H2,1-2H3,(H,13,15). The summed E-state index contributed by atoms with van der Waals surface area (Å²) in [5, 5.41) is 2.74. The van der Waals surface area contributed by atoms with Gasteiger partial charge in [0.25, 0.3) is 5.91 Å². The minimum atomic E-state index is -0.0594. The van der Waals surface area contributed by atoms with Gasteiger partial charge in [0.15, 0.2) is 0 Å². The summed E-state index contributed by atoms with van der Waals surface area (Å²) in [6.07, 6.45) is 0.363. The highest BCUT2D eigenvalue weighted by Crippen LogP contribution is 2.16. The molecule has 0 bridgehead atoms. The van der Waals surface area contributed by atoms with Crippen molar-refractivity contribution in [3.8, 4) is 0 Å². The summed E-state index contributed by atoms with van der Waals surface area (Å²) in [5.41, 5.74) is 0.594. The van der Waals surface area contributed by atoms with Gasteiger partial charge in [-0.25, -0.2) is 0 Å². The van der Waals surface area contributed by atoms with Gasteiger partial charge in [0, 0.05) is 26.1 Å². The fourth-order valence-corrected chi connectivity index (χ4v) is 1.98. The molecule has 1 saturated heterocycles. The molecule has 1 fully saturated rings. The number of nitrogens with zero attached hydrogens (tertiary/aromatic N) is 1. The second kappa shape index (κ2) is 4.61. The Hall–Kier alpha value is -1.78. The number of furan rings is 1. The van der Waals surface area contributed by atoms with Gasteiger partial charge in [0.05, 0.1) is 5.56 Å². The summed E-state index contributed by atoms with van der Waals surface area (Å²) < 4.78 is 5.35. The van der Waals surface area contributed by atoms with Crippen molar-refractivity contribution in [3.63, 3.8) is 0 Å². The second-order valence-corrected chi connectivity index (χ2v) is 4.22. The highest BCUT2D eigenvalue weighted by atomic mass is 16.3. The number of hydrogen-bond acceptors (Lipinski definition) is 3. The molecule has 2 heterocycles. The maximum atomic E-state index is 12.2. The van der Waals surface area contributed by atoms with E-state index in [-0.39, 0.29) is 11.8 Å². The maximum absolute atomic E-state index is 12.2. The van der Waals surface area contributed by atoms with Crippen molar-refractivity contribution in [2.75, 3.05) is 19.6 Å². The van der Waals surface area contributed by atoms with Gasteiger partial charge in [-0.05, 0) is 19.9 Å². The Morgan fingerprint density at radius 2 is 2.18 bits per heavy atom. The van der Waals surface area contributed by atoms with E-state index in [0.29, 0.717) is 37.4 Å². The lowest BCUT2D eigenvalue weighted by Gasteiger charge is -2.18. The number of amides is 2. The van der Waals surface area contributed by atoms with E-state index in [4.69, 9.17) is 4.42 Å². The van der Waals surface area contributed by atoms with Crippen LogP contribution in [-0.4, -0.2) is 36.3 Å². The van der Waals surface area contributed by atoms with E-state index >= 15 is 0 Å². The molecular formula is C12H16N2O3. The number of nitrogens with one attached hydrogen (secondary N) is 1. The van der Waals surface area contributed by atoms with Crippen LogP contribution < -0.4 is 5.32 Å². The van der Waals surface area contributed by atoms with E-state index in [1.807, 2.05) is 6.92 Å². The molecule has 1 aromatic heterocycles. The van der Waals surface area contributed by atoms with Crippen LogP contribution in [0, 0.1) is 13.8 Å². The molecule has 2 rings (SSSR count). The van der Waals surface area contributed by atoms with E-state index in [1.54, 1.807) is 17.9 Å². The quantitative estimate of drug-likeness (QED) is 0.786. The average Bonchev–Trinajstić information content (AvgIpc) is 2.49. The Morgan fingerprint density at radius 3 is 2.82 bits per heavy atom. The Bertz CT molecular complexity index is 451. The molecule has 0 radical (unpaired) electrons. The van der Waals surface area contributed by atoms with Gasteiger partial charge in [0.1, 0.15) is 11.5 Å². The minimum absolute atomic E-state index is 0.000367. The molecule has 2 amide bonds. The normalized spacial score (nSPS) is 16.6. The van der Waals surface area contributed by atoms with E-state index < -0.39 is 0 Å². The number of aryl methyl sites for hydroxylation is 2. The van der Waals surface area contributed by atoms with Gasteiger partial charge >= 0.3 is 0 Å². The van der Waals surface area contributed by atoms with Crippen molar-refractivity contribution in [2.24, 2.45) is 0 Å². The largest absolute Gasteiger partial charge is 0.466 e. The lowest BCUT2D eigenvalue weighted by atomic mass is 10.2. The van der Waals surface area contributed by atoms with E-state index in [9.17, 15) is 9.59 Å². The Morgan fingerprint density at radius 1 is 1.41 bits per heavy atom. The molecule has 0 aromatic carbocycles. The van der Waals surface area contributed by atoms with Crippen LogP contribution in [0.1, 0.15) is 28.3 Å². The van der Waals surface area contributed by atoms with Gasteiger partial charge in [-0.3, -0.25) is 9.59 Å². The Labute approximate surface area is 99.8 Å². The number of carbonyl (C=O) groups is 2. The highest BCUT2D eigenvalue weighted by Gasteiger charge is 2.22. The third kappa shape index (κ3) is 2.49. The molecule has 0 unspecified atom stereocenters. The first kappa shape index (κ1) is 11.7. The van der Waals surface area contributed by atoms with Gasteiger partial charge in [-0.2, -0.15) is 0 Å².